The van der Waals surface area contributed by atoms with Crippen LogP contribution in [0.4, 0.5) is 0 Å². The van der Waals surface area contributed by atoms with Crippen molar-refractivity contribution in [1.82, 2.24) is 5.32 Å². The van der Waals surface area contributed by atoms with Crippen LogP contribution in [0.1, 0.15) is 79.1 Å². The minimum Gasteiger partial charge on any atom is -0.377 e. The predicted molar refractivity (Wildman–Crippen MR) is 83.6 cm³/mol. The van der Waals surface area contributed by atoms with Gasteiger partial charge in [0, 0.05) is 12.6 Å². The Morgan fingerprint density at radius 1 is 1.05 bits per heavy atom. The molecule has 0 amide bonds. The molecular formula is C17H35NO. The number of ether oxygens (including phenoxy) is 1. The molecular weight excluding hydrogens is 234 g/mol. The summed E-state index contributed by atoms with van der Waals surface area (Å²) in [6.07, 6.45) is 11.0. The number of hydrogen-bond donors (Lipinski definition) is 1. The molecule has 2 heteroatoms. The van der Waals surface area contributed by atoms with Crippen LogP contribution >= 0.6 is 0 Å². The fourth-order valence-corrected chi connectivity index (χ4v) is 3.26. The predicted octanol–water partition coefficient (Wildman–Crippen LogP) is 4.53. The van der Waals surface area contributed by atoms with Crippen molar-refractivity contribution < 1.29 is 4.74 Å². The molecule has 0 saturated heterocycles. The number of nitrogens with one attached hydrogen (secondary N) is 1. The molecule has 1 aliphatic rings. The molecule has 2 atom stereocenters. The minimum absolute atomic E-state index is 0.391. The second kappa shape index (κ2) is 8.97. The summed E-state index contributed by atoms with van der Waals surface area (Å²) in [5.41, 5.74) is 0.391. The molecule has 0 aromatic rings. The highest BCUT2D eigenvalue weighted by Crippen LogP contribution is 2.39. The van der Waals surface area contributed by atoms with Crippen LogP contribution in [0.25, 0.3) is 0 Å². The van der Waals surface area contributed by atoms with Crippen LogP contribution in [0, 0.1) is 5.41 Å². The lowest BCUT2D eigenvalue weighted by Crippen LogP contribution is -2.45. The first kappa shape index (κ1) is 17.0. The van der Waals surface area contributed by atoms with Gasteiger partial charge in [0.25, 0.3) is 0 Å². The second-order valence-corrected chi connectivity index (χ2v) is 6.74. The molecule has 2 unspecified atom stereocenters. The van der Waals surface area contributed by atoms with Gasteiger partial charge >= 0.3 is 0 Å². The fraction of sp³-hybridized carbons (Fsp3) is 1.00. The van der Waals surface area contributed by atoms with Crippen molar-refractivity contribution in [2.75, 3.05) is 13.2 Å². The highest BCUT2D eigenvalue weighted by Gasteiger charge is 2.41. The number of likely N-dealkylation sites (N-methyl/N-ethyl adjacent to an activating group) is 1. The average molecular weight is 269 g/mol. The molecule has 0 bridgehead atoms. The van der Waals surface area contributed by atoms with Crippen molar-refractivity contribution in [3.05, 3.63) is 0 Å². The maximum Gasteiger partial charge on any atom is 0.0733 e. The minimum atomic E-state index is 0.391. The van der Waals surface area contributed by atoms with Gasteiger partial charge in [-0.2, -0.15) is 0 Å². The van der Waals surface area contributed by atoms with Crippen LogP contribution in [0.5, 0.6) is 0 Å². The molecule has 19 heavy (non-hydrogen) atoms. The number of hydrogen-bond acceptors (Lipinski definition) is 2. The molecule has 2 nitrogen and oxygen atoms in total. The Morgan fingerprint density at radius 3 is 2.42 bits per heavy atom. The van der Waals surface area contributed by atoms with Crippen molar-refractivity contribution in [3.8, 4) is 0 Å². The molecule has 1 saturated carbocycles. The Morgan fingerprint density at radius 2 is 1.74 bits per heavy atom. The molecule has 0 radical (unpaired) electrons. The normalized spacial score (nSPS) is 25.9. The molecule has 0 aliphatic heterocycles. The summed E-state index contributed by atoms with van der Waals surface area (Å²) in [6.45, 7) is 11.2. The van der Waals surface area contributed by atoms with Crippen LogP contribution in [0.2, 0.25) is 0 Å². The topological polar surface area (TPSA) is 21.3 Å². The van der Waals surface area contributed by atoms with Gasteiger partial charge in [0.1, 0.15) is 0 Å². The van der Waals surface area contributed by atoms with Gasteiger partial charge in [-0.25, -0.2) is 0 Å². The zero-order valence-electron chi connectivity index (χ0n) is 13.6. The Labute approximate surface area is 120 Å². The van der Waals surface area contributed by atoms with Gasteiger partial charge in [0.15, 0.2) is 0 Å². The van der Waals surface area contributed by atoms with E-state index < -0.39 is 0 Å². The van der Waals surface area contributed by atoms with E-state index in [0.717, 1.165) is 13.2 Å². The molecule has 0 spiro atoms. The highest BCUT2D eigenvalue weighted by atomic mass is 16.5. The third-order valence-electron chi connectivity index (χ3n) is 4.54. The fourth-order valence-electron chi connectivity index (χ4n) is 3.26. The summed E-state index contributed by atoms with van der Waals surface area (Å²) >= 11 is 0. The van der Waals surface area contributed by atoms with Crippen LogP contribution in [-0.4, -0.2) is 25.3 Å². The van der Waals surface area contributed by atoms with Crippen molar-refractivity contribution in [1.29, 1.82) is 0 Å². The first-order valence-corrected chi connectivity index (χ1v) is 8.46. The number of unbranched alkanes of at least 4 members (excludes halogenated alkanes) is 5. The van der Waals surface area contributed by atoms with Crippen LogP contribution in [0.3, 0.4) is 0 Å². The summed E-state index contributed by atoms with van der Waals surface area (Å²) in [4.78, 5) is 0. The molecule has 1 N–H and O–H groups in total. The van der Waals surface area contributed by atoms with E-state index in [-0.39, 0.29) is 0 Å². The van der Waals surface area contributed by atoms with Gasteiger partial charge < -0.3 is 10.1 Å². The molecule has 0 aromatic carbocycles. The second-order valence-electron chi connectivity index (χ2n) is 6.74. The van der Waals surface area contributed by atoms with E-state index in [9.17, 15) is 0 Å². The SMILES string of the molecule is CCCCCCCCOC1CCC(C)(C)C1NCC. The Kier molecular flexibility index (Phi) is 8.01. The Hall–Kier alpha value is -0.0800. The summed E-state index contributed by atoms with van der Waals surface area (Å²) < 4.78 is 6.15. The maximum absolute atomic E-state index is 6.15. The molecule has 1 fully saturated rings. The monoisotopic (exact) mass is 269 g/mol. The third-order valence-corrected chi connectivity index (χ3v) is 4.54. The van der Waals surface area contributed by atoms with E-state index in [1.54, 1.807) is 0 Å². The van der Waals surface area contributed by atoms with Gasteiger partial charge in [-0.3, -0.25) is 0 Å². The van der Waals surface area contributed by atoms with Gasteiger partial charge in [-0.1, -0.05) is 59.8 Å². The maximum atomic E-state index is 6.15. The van der Waals surface area contributed by atoms with Crippen LogP contribution < -0.4 is 5.32 Å². The van der Waals surface area contributed by atoms with E-state index >= 15 is 0 Å². The van der Waals surface area contributed by atoms with Gasteiger partial charge in [-0.05, 0) is 31.2 Å². The molecule has 114 valence electrons. The summed E-state index contributed by atoms with van der Waals surface area (Å²) in [5, 5.41) is 3.63. The zero-order chi connectivity index (χ0) is 14.1. The number of rotatable bonds is 10. The van der Waals surface area contributed by atoms with Gasteiger partial charge in [0.05, 0.1) is 6.10 Å². The van der Waals surface area contributed by atoms with E-state index in [4.69, 9.17) is 4.74 Å². The molecule has 1 aliphatic carbocycles. The van der Waals surface area contributed by atoms with Crippen LogP contribution in [0.15, 0.2) is 0 Å². The first-order valence-electron chi connectivity index (χ1n) is 8.46. The Bertz CT molecular complexity index is 227. The van der Waals surface area contributed by atoms with Crippen molar-refractivity contribution in [3.63, 3.8) is 0 Å². The summed E-state index contributed by atoms with van der Waals surface area (Å²) in [6, 6.07) is 0.539. The lowest BCUT2D eigenvalue weighted by molar-refractivity contribution is 0.0251. The smallest absolute Gasteiger partial charge is 0.0733 e. The van der Waals surface area contributed by atoms with Crippen molar-refractivity contribution in [2.45, 2.75) is 91.2 Å². The zero-order valence-corrected chi connectivity index (χ0v) is 13.6. The van der Waals surface area contributed by atoms with Crippen molar-refractivity contribution >= 4 is 0 Å². The lowest BCUT2D eigenvalue weighted by atomic mass is 9.87. The standard InChI is InChI=1S/C17H35NO/c1-5-7-8-9-10-11-14-19-15-12-13-17(3,4)16(15)18-6-2/h15-16,18H,5-14H2,1-4H3. The van der Waals surface area contributed by atoms with E-state index in [1.807, 2.05) is 0 Å². The van der Waals surface area contributed by atoms with Gasteiger partial charge in [-0.15, -0.1) is 0 Å². The van der Waals surface area contributed by atoms with E-state index in [0.29, 0.717) is 17.6 Å². The average Bonchev–Trinajstić information content (AvgIpc) is 2.65. The molecule has 1 rings (SSSR count). The largest absolute Gasteiger partial charge is 0.377 e. The van der Waals surface area contributed by atoms with E-state index in [1.165, 1.54) is 51.4 Å². The summed E-state index contributed by atoms with van der Waals surface area (Å²) in [5.74, 6) is 0. The molecule has 0 heterocycles. The quantitative estimate of drug-likeness (QED) is 0.588. The van der Waals surface area contributed by atoms with Crippen molar-refractivity contribution in [2.24, 2.45) is 5.41 Å². The van der Waals surface area contributed by atoms with Crippen LogP contribution in [-0.2, 0) is 4.74 Å². The summed E-state index contributed by atoms with van der Waals surface area (Å²) in [7, 11) is 0. The first-order chi connectivity index (χ1) is 9.11. The lowest BCUT2D eigenvalue weighted by Gasteiger charge is -2.31. The molecule has 0 aromatic heterocycles. The van der Waals surface area contributed by atoms with Gasteiger partial charge in [0.2, 0.25) is 0 Å². The van der Waals surface area contributed by atoms with E-state index in [2.05, 4.69) is 33.0 Å². The Balaban J connectivity index is 2.14. The third kappa shape index (κ3) is 5.83. The highest BCUT2D eigenvalue weighted by molar-refractivity contribution is 4.97.